The molecule has 2 rings (SSSR count). The van der Waals surface area contributed by atoms with Gasteiger partial charge in [0.15, 0.2) is 0 Å². The zero-order valence-electron chi connectivity index (χ0n) is 11.0. The van der Waals surface area contributed by atoms with Gasteiger partial charge in [-0.15, -0.1) is 0 Å². The van der Waals surface area contributed by atoms with E-state index in [2.05, 4.69) is 14.9 Å². The summed E-state index contributed by atoms with van der Waals surface area (Å²) in [6.45, 7) is 2.66. The van der Waals surface area contributed by atoms with Crippen molar-refractivity contribution in [3.05, 3.63) is 18.7 Å². The molecule has 1 fully saturated rings. The van der Waals surface area contributed by atoms with Crippen molar-refractivity contribution in [1.82, 2.24) is 14.9 Å². The summed E-state index contributed by atoms with van der Waals surface area (Å²) in [7, 11) is 0. The third kappa shape index (κ3) is 3.81. The lowest BCUT2D eigenvalue weighted by molar-refractivity contribution is -0.146. The Morgan fingerprint density at radius 2 is 2.26 bits per heavy atom. The molecule has 0 radical (unpaired) electrons. The van der Waals surface area contributed by atoms with E-state index in [9.17, 15) is 9.59 Å². The smallest absolute Gasteiger partial charge is 0.315 e. The Hall–Kier alpha value is -1.85. The molecule has 0 aliphatic heterocycles. The van der Waals surface area contributed by atoms with Gasteiger partial charge in [-0.25, -0.2) is 4.98 Å². The van der Waals surface area contributed by atoms with E-state index in [0.717, 1.165) is 12.8 Å². The van der Waals surface area contributed by atoms with Crippen molar-refractivity contribution in [3.63, 3.8) is 0 Å². The van der Waals surface area contributed by atoms with E-state index in [0.29, 0.717) is 25.1 Å². The minimum atomic E-state index is -0.468. The van der Waals surface area contributed by atoms with E-state index in [1.54, 1.807) is 13.1 Å². The van der Waals surface area contributed by atoms with E-state index in [1.165, 1.54) is 0 Å². The molecular formula is C13H19N3O3. The SMILES string of the molecule is CCOC(=O)CC(=O)NCC1CC(n2ccnc2)C1. The van der Waals surface area contributed by atoms with Gasteiger partial charge in [0, 0.05) is 25.0 Å². The van der Waals surface area contributed by atoms with E-state index in [1.807, 2.05) is 12.5 Å². The van der Waals surface area contributed by atoms with Crippen LogP contribution in [0.15, 0.2) is 18.7 Å². The van der Waals surface area contributed by atoms with Crippen molar-refractivity contribution in [2.75, 3.05) is 13.2 Å². The fourth-order valence-electron chi connectivity index (χ4n) is 2.26. The fourth-order valence-corrected chi connectivity index (χ4v) is 2.26. The van der Waals surface area contributed by atoms with Gasteiger partial charge in [-0.3, -0.25) is 9.59 Å². The van der Waals surface area contributed by atoms with Crippen LogP contribution in [0.2, 0.25) is 0 Å². The molecule has 19 heavy (non-hydrogen) atoms. The lowest BCUT2D eigenvalue weighted by Gasteiger charge is -2.36. The van der Waals surface area contributed by atoms with E-state index in [-0.39, 0.29) is 12.3 Å². The molecule has 6 nitrogen and oxygen atoms in total. The summed E-state index contributed by atoms with van der Waals surface area (Å²) < 4.78 is 6.81. The average Bonchev–Trinajstić information content (AvgIpc) is 2.80. The van der Waals surface area contributed by atoms with E-state index < -0.39 is 5.97 Å². The van der Waals surface area contributed by atoms with Crippen LogP contribution in [0, 0.1) is 5.92 Å². The van der Waals surface area contributed by atoms with Crippen LogP contribution < -0.4 is 5.32 Å². The lowest BCUT2D eigenvalue weighted by atomic mass is 9.80. The third-order valence-corrected chi connectivity index (χ3v) is 3.36. The number of imidazole rings is 1. The number of nitrogens with zero attached hydrogens (tertiary/aromatic N) is 2. The Morgan fingerprint density at radius 3 is 2.89 bits per heavy atom. The van der Waals surface area contributed by atoms with Gasteiger partial charge < -0.3 is 14.6 Å². The van der Waals surface area contributed by atoms with Crippen LogP contribution in [0.25, 0.3) is 0 Å². The second kappa shape index (κ2) is 6.36. The topological polar surface area (TPSA) is 73.2 Å². The molecule has 1 N–H and O–H groups in total. The molecule has 0 aromatic carbocycles. The standard InChI is InChI=1S/C13H19N3O3/c1-2-19-13(18)7-12(17)15-8-10-5-11(6-10)16-4-3-14-9-16/h3-4,9-11H,2,5-8H2,1H3,(H,15,17). The highest BCUT2D eigenvalue weighted by Crippen LogP contribution is 2.36. The number of nitrogens with one attached hydrogen (secondary N) is 1. The minimum absolute atomic E-state index is 0.189. The van der Waals surface area contributed by atoms with Crippen LogP contribution >= 0.6 is 0 Å². The van der Waals surface area contributed by atoms with Crippen molar-refractivity contribution < 1.29 is 14.3 Å². The van der Waals surface area contributed by atoms with Crippen LogP contribution in [-0.2, 0) is 14.3 Å². The van der Waals surface area contributed by atoms with Crippen LogP contribution in [0.1, 0.15) is 32.2 Å². The van der Waals surface area contributed by atoms with Crippen molar-refractivity contribution in [2.45, 2.75) is 32.2 Å². The lowest BCUT2D eigenvalue weighted by Crippen LogP contribution is -2.37. The molecule has 0 bridgehead atoms. The summed E-state index contributed by atoms with van der Waals surface area (Å²) in [5.41, 5.74) is 0. The Bertz CT molecular complexity index is 424. The maximum Gasteiger partial charge on any atom is 0.315 e. The second-order valence-electron chi connectivity index (χ2n) is 4.79. The highest BCUT2D eigenvalue weighted by Gasteiger charge is 2.30. The fraction of sp³-hybridized carbons (Fsp3) is 0.615. The maximum atomic E-state index is 11.5. The summed E-state index contributed by atoms with van der Waals surface area (Å²) in [6.07, 6.45) is 7.44. The average molecular weight is 265 g/mol. The van der Waals surface area contributed by atoms with Crippen LogP contribution in [0.4, 0.5) is 0 Å². The van der Waals surface area contributed by atoms with Gasteiger partial charge in [0.2, 0.25) is 5.91 Å². The molecule has 0 atom stereocenters. The monoisotopic (exact) mass is 265 g/mol. The quantitative estimate of drug-likeness (QED) is 0.612. The van der Waals surface area contributed by atoms with Gasteiger partial charge in [0.25, 0.3) is 0 Å². The van der Waals surface area contributed by atoms with Crippen LogP contribution in [0.3, 0.4) is 0 Å². The zero-order valence-corrected chi connectivity index (χ0v) is 11.0. The van der Waals surface area contributed by atoms with Crippen LogP contribution in [0.5, 0.6) is 0 Å². The first kappa shape index (κ1) is 13.6. The van der Waals surface area contributed by atoms with Crippen LogP contribution in [-0.4, -0.2) is 34.6 Å². The number of ether oxygens (including phenoxy) is 1. The Labute approximate surface area is 112 Å². The van der Waals surface area contributed by atoms with E-state index >= 15 is 0 Å². The summed E-state index contributed by atoms with van der Waals surface area (Å²) in [6, 6.07) is 0.495. The first-order valence-corrected chi connectivity index (χ1v) is 6.58. The second-order valence-corrected chi connectivity index (χ2v) is 4.79. The first-order chi connectivity index (χ1) is 9.19. The number of esters is 1. The molecule has 1 aromatic heterocycles. The van der Waals surface area contributed by atoms with E-state index in [4.69, 9.17) is 4.74 Å². The molecule has 1 aliphatic rings. The number of hydrogen-bond donors (Lipinski definition) is 1. The Balaban J connectivity index is 1.60. The number of rotatable bonds is 6. The number of carbonyl (C=O) groups is 2. The van der Waals surface area contributed by atoms with Gasteiger partial charge >= 0.3 is 5.97 Å². The molecule has 1 aliphatic carbocycles. The maximum absolute atomic E-state index is 11.5. The minimum Gasteiger partial charge on any atom is -0.466 e. The Kier molecular flexibility index (Phi) is 4.54. The molecule has 1 saturated carbocycles. The predicted octanol–water partition coefficient (Wildman–Crippen LogP) is 0.904. The van der Waals surface area contributed by atoms with Gasteiger partial charge in [-0.05, 0) is 25.7 Å². The molecule has 1 aromatic rings. The highest BCUT2D eigenvalue weighted by atomic mass is 16.5. The van der Waals surface area contributed by atoms with Crippen molar-refractivity contribution in [3.8, 4) is 0 Å². The van der Waals surface area contributed by atoms with Crippen molar-refractivity contribution in [2.24, 2.45) is 5.92 Å². The molecule has 0 saturated heterocycles. The number of hydrogen-bond acceptors (Lipinski definition) is 4. The Morgan fingerprint density at radius 1 is 1.47 bits per heavy atom. The number of carbonyl (C=O) groups excluding carboxylic acids is 2. The van der Waals surface area contributed by atoms with Gasteiger partial charge in [0.05, 0.1) is 12.9 Å². The van der Waals surface area contributed by atoms with Gasteiger partial charge in [-0.2, -0.15) is 0 Å². The summed E-state index contributed by atoms with van der Waals surface area (Å²) in [5.74, 6) is -0.243. The normalized spacial score (nSPS) is 21.5. The van der Waals surface area contributed by atoms with Crippen molar-refractivity contribution in [1.29, 1.82) is 0 Å². The molecule has 6 heteroatoms. The molecule has 1 heterocycles. The zero-order chi connectivity index (χ0) is 13.7. The summed E-state index contributed by atoms with van der Waals surface area (Å²) >= 11 is 0. The molecular weight excluding hydrogens is 246 g/mol. The number of aromatic nitrogens is 2. The van der Waals surface area contributed by atoms with Gasteiger partial charge in [-0.1, -0.05) is 0 Å². The highest BCUT2D eigenvalue weighted by molar-refractivity contribution is 5.94. The summed E-state index contributed by atoms with van der Waals surface area (Å²) in [4.78, 5) is 26.6. The molecule has 104 valence electrons. The third-order valence-electron chi connectivity index (χ3n) is 3.36. The number of amides is 1. The first-order valence-electron chi connectivity index (χ1n) is 6.58. The molecule has 0 unspecified atom stereocenters. The molecule has 0 spiro atoms. The predicted molar refractivity (Wildman–Crippen MR) is 68.2 cm³/mol. The summed E-state index contributed by atoms with van der Waals surface area (Å²) in [5, 5.41) is 2.78. The van der Waals surface area contributed by atoms with Gasteiger partial charge in [0.1, 0.15) is 6.42 Å². The largest absolute Gasteiger partial charge is 0.466 e. The van der Waals surface area contributed by atoms with Crippen molar-refractivity contribution >= 4 is 11.9 Å². The molecule has 1 amide bonds.